The minimum absolute atomic E-state index is 0.288. The van der Waals surface area contributed by atoms with E-state index in [0.717, 1.165) is 18.3 Å². The molecule has 1 aromatic heterocycles. The average Bonchev–Trinajstić information content (AvgIpc) is 2.92. The molecule has 4 nitrogen and oxygen atoms in total. The monoisotopic (exact) mass is 262 g/mol. The number of aromatic nitrogens is 1. The van der Waals surface area contributed by atoms with E-state index in [1.54, 1.807) is 18.3 Å². The third-order valence-corrected chi connectivity index (χ3v) is 3.65. The number of hydrogen-bond acceptors (Lipinski definition) is 4. The topological polar surface area (TPSA) is 42.4 Å². The first-order chi connectivity index (χ1) is 9.22. The number of anilines is 1. The maximum atomic E-state index is 11.9. The van der Waals surface area contributed by atoms with Crippen molar-refractivity contribution in [1.82, 2.24) is 4.98 Å². The fourth-order valence-corrected chi connectivity index (χ4v) is 2.74. The van der Waals surface area contributed by atoms with E-state index < -0.39 is 0 Å². The molecule has 19 heavy (non-hydrogen) atoms. The Balaban J connectivity index is 2.11. The van der Waals surface area contributed by atoms with E-state index >= 15 is 0 Å². The van der Waals surface area contributed by atoms with Gasteiger partial charge >= 0.3 is 5.97 Å². The second-order valence-electron chi connectivity index (χ2n) is 5.13. The van der Waals surface area contributed by atoms with Crippen LogP contribution in [0.25, 0.3) is 0 Å². The molecule has 1 fully saturated rings. The molecule has 1 aromatic rings. The van der Waals surface area contributed by atoms with Gasteiger partial charge in [0.2, 0.25) is 0 Å². The molecular formula is C15H22N2O2. The molecule has 0 amide bonds. The molecule has 0 N–H and O–H groups in total. The van der Waals surface area contributed by atoms with Gasteiger partial charge < -0.3 is 9.64 Å². The maximum Gasteiger partial charge on any atom is 0.341 e. The molecule has 0 bridgehead atoms. The zero-order chi connectivity index (χ0) is 13.7. The van der Waals surface area contributed by atoms with Crippen LogP contribution in [0.3, 0.4) is 0 Å². The van der Waals surface area contributed by atoms with Crippen molar-refractivity contribution >= 4 is 11.8 Å². The molecule has 1 saturated carbocycles. The van der Waals surface area contributed by atoms with Crippen LogP contribution >= 0.6 is 0 Å². The summed E-state index contributed by atoms with van der Waals surface area (Å²) >= 11 is 0. The highest BCUT2D eigenvalue weighted by molar-refractivity contribution is 5.94. The summed E-state index contributed by atoms with van der Waals surface area (Å²) in [6, 6.07) is 3.56. The first kappa shape index (κ1) is 13.8. The summed E-state index contributed by atoms with van der Waals surface area (Å²) in [6.07, 6.45) is 6.94. The van der Waals surface area contributed by atoms with Crippen LogP contribution in [0.1, 0.15) is 43.0 Å². The van der Waals surface area contributed by atoms with Gasteiger partial charge in [-0.3, -0.25) is 0 Å². The molecule has 1 aliphatic carbocycles. The van der Waals surface area contributed by atoms with E-state index in [0.29, 0.717) is 12.2 Å². The van der Waals surface area contributed by atoms with Gasteiger partial charge in [0, 0.05) is 19.8 Å². The average molecular weight is 262 g/mol. The van der Waals surface area contributed by atoms with Gasteiger partial charge in [0.1, 0.15) is 11.4 Å². The predicted molar refractivity (Wildman–Crippen MR) is 75.4 cm³/mol. The highest BCUT2D eigenvalue weighted by atomic mass is 16.5. The Kier molecular flexibility index (Phi) is 4.77. The molecule has 4 heteroatoms. The molecule has 104 valence electrons. The zero-order valence-corrected chi connectivity index (χ0v) is 11.8. The number of esters is 1. The smallest absolute Gasteiger partial charge is 0.341 e. The van der Waals surface area contributed by atoms with Crippen LogP contribution < -0.4 is 4.90 Å². The molecule has 2 rings (SSSR count). The van der Waals surface area contributed by atoms with Crippen LogP contribution in [0.5, 0.6) is 0 Å². The molecule has 0 aliphatic heterocycles. The number of pyridine rings is 1. The fourth-order valence-electron chi connectivity index (χ4n) is 2.74. The highest BCUT2D eigenvalue weighted by Gasteiger charge is 2.21. The lowest BCUT2D eigenvalue weighted by atomic mass is 10.1. The second-order valence-corrected chi connectivity index (χ2v) is 5.13. The van der Waals surface area contributed by atoms with Crippen LogP contribution in [0.2, 0.25) is 0 Å². The number of nitrogens with zero attached hydrogens (tertiary/aromatic N) is 2. The first-order valence-electron chi connectivity index (χ1n) is 7.05. The van der Waals surface area contributed by atoms with Crippen molar-refractivity contribution in [1.29, 1.82) is 0 Å². The van der Waals surface area contributed by atoms with E-state index in [4.69, 9.17) is 4.74 Å². The maximum absolute atomic E-state index is 11.9. The summed E-state index contributed by atoms with van der Waals surface area (Å²) < 4.78 is 5.08. The predicted octanol–water partition coefficient (Wildman–Crippen LogP) is 2.88. The van der Waals surface area contributed by atoms with Crippen LogP contribution in [0.4, 0.5) is 5.82 Å². The van der Waals surface area contributed by atoms with E-state index in [-0.39, 0.29) is 5.97 Å². The minimum atomic E-state index is -0.288. The second kappa shape index (κ2) is 6.55. The number of hydrogen-bond donors (Lipinski definition) is 0. The summed E-state index contributed by atoms with van der Waals surface area (Å²) in [5, 5.41) is 0. The van der Waals surface area contributed by atoms with E-state index in [2.05, 4.69) is 9.88 Å². The number of carbonyl (C=O) groups excluding carboxylic acids is 1. The summed E-state index contributed by atoms with van der Waals surface area (Å²) in [6.45, 7) is 3.17. The third kappa shape index (κ3) is 3.46. The normalized spacial score (nSPS) is 15.5. The third-order valence-electron chi connectivity index (χ3n) is 3.65. The molecule has 1 heterocycles. The Morgan fingerprint density at radius 3 is 2.89 bits per heavy atom. The molecule has 0 spiro atoms. The molecule has 0 aromatic carbocycles. The Morgan fingerprint density at radius 1 is 1.47 bits per heavy atom. The number of rotatable bonds is 5. The van der Waals surface area contributed by atoms with Gasteiger partial charge in [-0.05, 0) is 37.8 Å². The van der Waals surface area contributed by atoms with Gasteiger partial charge in [-0.1, -0.05) is 12.8 Å². The Morgan fingerprint density at radius 2 is 2.21 bits per heavy atom. The Hall–Kier alpha value is -1.58. The standard InChI is InChI=1S/C15H22N2O2/c1-3-19-15(18)13-9-6-10-16-14(13)17(2)11-12-7-4-5-8-12/h6,9-10,12H,3-5,7-8,11H2,1-2H3. The van der Waals surface area contributed by atoms with Crippen molar-refractivity contribution in [3.63, 3.8) is 0 Å². The number of ether oxygens (including phenoxy) is 1. The van der Waals surface area contributed by atoms with Gasteiger partial charge in [0.15, 0.2) is 0 Å². The van der Waals surface area contributed by atoms with Crippen molar-refractivity contribution in [2.45, 2.75) is 32.6 Å². The van der Waals surface area contributed by atoms with Crippen molar-refractivity contribution in [3.05, 3.63) is 23.9 Å². The van der Waals surface area contributed by atoms with Crippen LogP contribution in [0, 0.1) is 5.92 Å². The van der Waals surface area contributed by atoms with E-state index in [1.165, 1.54) is 25.7 Å². The number of carbonyl (C=O) groups is 1. The zero-order valence-electron chi connectivity index (χ0n) is 11.8. The lowest BCUT2D eigenvalue weighted by molar-refractivity contribution is 0.0526. The summed E-state index contributed by atoms with van der Waals surface area (Å²) in [5.41, 5.74) is 0.560. The lowest BCUT2D eigenvalue weighted by Gasteiger charge is -2.23. The van der Waals surface area contributed by atoms with Crippen molar-refractivity contribution in [3.8, 4) is 0 Å². The summed E-state index contributed by atoms with van der Waals surface area (Å²) in [7, 11) is 2.00. The largest absolute Gasteiger partial charge is 0.462 e. The molecule has 0 unspecified atom stereocenters. The molecular weight excluding hydrogens is 240 g/mol. The van der Waals surface area contributed by atoms with Crippen molar-refractivity contribution in [2.75, 3.05) is 25.1 Å². The quantitative estimate of drug-likeness (QED) is 0.765. The van der Waals surface area contributed by atoms with E-state index in [9.17, 15) is 4.79 Å². The van der Waals surface area contributed by atoms with Crippen LogP contribution in [0.15, 0.2) is 18.3 Å². The Labute approximate surface area is 114 Å². The minimum Gasteiger partial charge on any atom is -0.462 e. The molecule has 0 saturated heterocycles. The van der Waals surface area contributed by atoms with Gasteiger partial charge in [0.25, 0.3) is 0 Å². The van der Waals surface area contributed by atoms with Gasteiger partial charge in [-0.15, -0.1) is 0 Å². The van der Waals surface area contributed by atoms with Gasteiger partial charge in [-0.25, -0.2) is 9.78 Å². The highest BCUT2D eigenvalue weighted by Crippen LogP contribution is 2.27. The Bertz CT molecular complexity index is 428. The van der Waals surface area contributed by atoms with Gasteiger partial charge in [0.05, 0.1) is 6.61 Å². The lowest BCUT2D eigenvalue weighted by Crippen LogP contribution is -2.27. The molecule has 0 radical (unpaired) electrons. The van der Waals surface area contributed by atoms with Crippen LogP contribution in [-0.2, 0) is 4.74 Å². The van der Waals surface area contributed by atoms with Crippen molar-refractivity contribution < 1.29 is 9.53 Å². The van der Waals surface area contributed by atoms with Crippen LogP contribution in [-0.4, -0.2) is 31.2 Å². The van der Waals surface area contributed by atoms with Crippen molar-refractivity contribution in [2.24, 2.45) is 5.92 Å². The fraction of sp³-hybridized carbons (Fsp3) is 0.600. The molecule has 1 aliphatic rings. The molecule has 0 atom stereocenters. The SMILES string of the molecule is CCOC(=O)c1cccnc1N(C)CC1CCCC1. The van der Waals surface area contributed by atoms with Gasteiger partial charge in [-0.2, -0.15) is 0 Å². The van der Waals surface area contributed by atoms with E-state index in [1.807, 2.05) is 14.0 Å². The summed E-state index contributed by atoms with van der Waals surface area (Å²) in [4.78, 5) is 18.4. The first-order valence-corrected chi connectivity index (χ1v) is 7.05. The summed E-state index contributed by atoms with van der Waals surface area (Å²) in [5.74, 6) is 1.17.